The molecule has 0 aliphatic carbocycles. The molecule has 0 N–H and O–H groups in total. The molecule has 3 heteroatoms. The van der Waals surface area contributed by atoms with Gasteiger partial charge < -0.3 is 0 Å². The number of benzene rings is 1. The summed E-state index contributed by atoms with van der Waals surface area (Å²) in [5.74, 6) is 0.366. The minimum atomic E-state index is -3.25. The van der Waals surface area contributed by atoms with Gasteiger partial charge in [0.1, 0.15) is 0 Å². The molecule has 0 unspecified atom stereocenters. The van der Waals surface area contributed by atoms with Crippen molar-refractivity contribution in [1.82, 2.24) is 0 Å². The Labute approximate surface area is 105 Å². The molecule has 1 rings (SSSR count). The Hall–Kier alpha value is -0.830. The summed E-state index contributed by atoms with van der Waals surface area (Å²) in [6.45, 7) is 9.67. The van der Waals surface area contributed by atoms with Gasteiger partial charge in [-0.05, 0) is 45.2 Å². The summed E-state index contributed by atoms with van der Waals surface area (Å²) in [5, 5.41) is 0. The van der Waals surface area contributed by atoms with Gasteiger partial charge in [-0.3, -0.25) is 0 Å². The molecule has 0 saturated heterocycles. The van der Waals surface area contributed by atoms with Crippen LogP contribution in [0, 0.1) is 12.8 Å². The Morgan fingerprint density at radius 3 is 2.00 bits per heavy atom. The number of sulfone groups is 1. The molecule has 1 aromatic rings. The lowest BCUT2D eigenvalue weighted by Gasteiger charge is -2.26. The quantitative estimate of drug-likeness (QED) is 0.822. The molecule has 0 heterocycles. The van der Waals surface area contributed by atoms with Crippen LogP contribution >= 0.6 is 0 Å². The maximum absolute atomic E-state index is 12.5. The minimum absolute atomic E-state index is 0.366. The van der Waals surface area contributed by atoms with Gasteiger partial charge in [-0.25, -0.2) is 8.42 Å². The highest BCUT2D eigenvalue weighted by molar-refractivity contribution is 7.92. The normalized spacial score (nSPS) is 13.1. The van der Waals surface area contributed by atoms with E-state index in [1.165, 1.54) is 0 Å². The zero-order valence-corrected chi connectivity index (χ0v) is 12.1. The average molecular weight is 254 g/mol. The molecule has 0 aliphatic rings. The molecule has 96 valence electrons. The highest BCUT2D eigenvalue weighted by Crippen LogP contribution is 2.31. The second-order valence-electron chi connectivity index (χ2n) is 5.67. The predicted octanol–water partition coefficient (Wildman–Crippen LogP) is 3.59. The van der Waals surface area contributed by atoms with Crippen molar-refractivity contribution < 1.29 is 8.42 Å². The zero-order valence-electron chi connectivity index (χ0n) is 11.3. The number of hydrogen-bond donors (Lipinski definition) is 0. The van der Waals surface area contributed by atoms with E-state index in [1.807, 2.05) is 46.8 Å². The monoisotopic (exact) mass is 254 g/mol. The second kappa shape index (κ2) is 4.81. The lowest BCUT2D eigenvalue weighted by molar-refractivity contribution is 0.463. The molecule has 0 amide bonds. The van der Waals surface area contributed by atoms with Crippen LogP contribution in [0.25, 0.3) is 0 Å². The molecule has 0 atom stereocenters. The smallest absolute Gasteiger partial charge is 0.183 e. The minimum Gasteiger partial charge on any atom is -0.223 e. The summed E-state index contributed by atoms with van der Waals surface area (Å²) in [6.07, 6.45) is 0.670. The first kappa shape index (κ1) is 14.2. The summed E-state index contributed by atoms with van der Waals surface area (Å²) in [7, 11) is -3.25. The average Bonchev–Trinajstić information content (AvgIpc) is 2.16. The molecule has 0 spiro atoms. The first-order chi connectivity index (χ1) is 7.67. The fourth-order valence-corrected chi connectivity index (χ4v) is 3.81. The van der Waals surface area contributed by atoms with Crippen LogP contribution in [0.5, 0.6) is 0 Å². The fraction of sp³-hybridized carbons (Fsp3) is 0.571. The van der Waals surface area contributed by atoms with E-state index in [0.717, 1.165) is 5.56 Å². The summed E-state index contributed by atoms with van der Waals surface area (Å²) in [4.78, 5) is 0.425. The molecule has 17 heavy (non-hydrogen) atoms. The Morgan fingerprint density at radius 2 is 1.59 bits per heavy atom. The molecular weight excluding hydrogens is 232 g/mol. The van der Waals surface area contributed by atoms with E-state index >= 15 is 0 Å². The van der Waals surface area contributed by atoms with E-state index < -0.39 is 14.6 Å². The highest BCUT2D eigenvalue weighted by Gasteiger charge is 2.35. The Morgan fingerprint density at radius 1 is 1.12 bits per heavy atom. The van der Waals surface area contributed by atoms with Crippen LogP contribution in [-0.2, 0) is 9.84 Å². The number of aryl methyl sites for hydroxylation is 1. The van der Waals surface area contributed by atoms with Crippen molar-refractivity contribution in [1.29, 1.82) is 0 Å². The van der Waals surface area contributed by atoms with E-state index in [9.17, 15) is 8.42 Å². The summed E-state index contributed by atoms with van der Waals surface area (Å²) in [5.41, 5.74) is 1.07. The number of hydrogen-bond acceptors (Lipinski definition) is 2. The van der Waals surface area contributed by atoms with E-state index in [2.05, 4.69) is 0 Å². The summed E-state index contributed by atoms with van der Waals surface area (Å²) >= 11 is 0. The SMILES string of the molecule is Cc1ccc(S(=O)(=O)C(C)(C)CC(C)C)cc1. The van der Waals surface area contributed by atoms with Crippen LogP contribution in [0.1, 0.15) is 39.7 Å². The molecule has 0 fully saturated rings. The fourth-order valence-electron chi connectivity index (χ4n) is 2.13. The van der Waals surface area contributed by atoms with E-state index in [4.69, 9.17) is 0 Å². The maximum atomic E-state index is 12.5. The summed E-state index contributed by atoms with van der Waals surface area (Å²) < 4.78 is 24.3. The first-order valence-electron chi connectivity index (χ1n) is 5.98. The van der Waals surface area contributed by atoms with Crippen molar-refractivity contribution in [3.8, 4) is 0 Å². The Kier molecular flexibility index (Phi) is 4.03. The van der Waals surface area contributed by atoms with Crippen LogP contribution in [0.4, 0.5) is 0 Å². The van der Waals surface area contributed by atoms with Crippen LogP contribution in [0.15, 0.2) is 29.2 Å². The van der Waals surface area contributed by atoms with Crippen LogP contribution in [0.2, 0.25) is 0 Å². The van der Waals surface area contributed by atoms with E-state index in [-0.39, 0.29) is 0 Å². The van der Waals surface area contributed by atoms with E-state index in [1.54, 1.807) is 12.1 Å². The molecule has 0 saturated carbocycles. The molecular formula is C14H22O2S. The van der Waals surface area contributed by atoms with Gasteiger partial charge in [-0.15, -0.1) is 0 Å². The third-order valence-corrected chi connectivity index (χ3v) is 5.47. The van der Waals surface area contributed by atoms with Crippen molar-refractivity contribution >= 4 is 9.84 Å². The Balaban J connectivity index is 3.15. The van der Waals surface area contributed by atoms with Crippen molar-refractivity contribution in [2.75, 3.05) is 0 Å². The van der Waals surface area contributed by atoms with Crippen molar-refractivity contribution in [2.24, 2.45) is 5.92 Å². The predicted molar refractivity (Wildman–Crippen MR) is 71.9 cm³/mol. The Bertz CT molecular complexity index is 467. The molecule has 2 nitrogen and oxygen atoms in total. The van der Waals surface area contributed by atoms with Gasteiger partial charge >= 0.3 is 0 Å². The standard InChI is InChI=1S/C14H22O2S/c1-11(2)10-14(4,5)17(15,16)13-8-6-12(3)7-9-13/h6-9,11H,10H2,1-5H3. The lowest BCUT2D eigenvalue weighted by atomic mass is 10.0. The van der Waals surface area contributed by atoms with Gasteiger partial charge in [0.25, 0.3) is 0 Å². The van der Waals surface area contributed by atoms with Gasteiger partial charge in [0, 0.05) is 0 Å². The third-order valence-electron chi connectivity index (χ3n) is 2.96. The van der Waals surface area contributed by atoms with Gasteiger partial charge in [0.2, 0.25) is 0 Å². The van der Waals surface area contributed by atoms with Crippen LogP contribution in [-0.4, -0.2) is 13.2 Å². The van der Waals surface area contributed by atoms with Crippen LogP contribution < -0.4 is 0 Å². The molecule has 0 radical (unpaired) electrons. The van der Waals surface area contributed by atoms with Gasteiger partial charge in [0.15, 0.2) is 9.84 Å². The lowest BCUT2D eigenvalue weighted by Crippen LogP contribution is -2.33. The first-order valence-corrected chi connectivity index (χ1v) is 7.46. The zero-order chi connectivity index (χ0) is 13.3. The molecule has 0 aliphatic heterocycles. The number of rotatable bonds is 4. The van der Waals surface area contributed by atoms with Crippen LogP contribution in [0.3, 0.4) is 0 Å². The van der Waals surface area contributed by atoms with E-state index in [0.29, 0.717) is 17.2 Å². The molecule has 0 aromatic heterocycles. The maximum Gasteiger partial charge on any atom is 0.183 e. The van der Waals surface area contributed by atoms with Gasteiger partial charge in [0.05, 0.1) is 9.64 Å². The third kappa shape index (κ3) is 3.09. The van der Waals surface area contributed by atoms with Crippen molar-refractivity contribution in [2.45, 2.75) is 50.7 Å². The van der Waals surface area contributed by atoms with Crippen molar-refractivity contribution in [3.63, 3.8) is 0 Å². The summed E-state index contributed by atoms with van der Waals surface area (Å²) in [6, 6.07) is 7.09. The van der Waals surface area contributed by atoms with Gasteiger partial charge in [-0.2, -0.15) is 0 Å². The van der Waals surface area contributed by atoms with Gasteiger partial charge in [-0.1, -0.05) is 31.5 Å². The topological polar surface area (TPSA) is 34.1 Å². The highest BCUT2D eigenvalue weighted by atomic mass is 32.2. The second-order valence-corrected chi connectivity index (χ2v) is 8.26. The molecule has 1 aromatic carbocycles. The van der Waals surface area contributed by atoms with Crippen molar-refractivity contribution in [3.05, 3.63) is 29.8 Å². The molecule has 0 bridgehead atoms. The largest absolute Gasteiger partial charge is 0.223 e.